The Kier molecular flexibility index (Phi) is 3.86. The van der Waals surface area contributed by atoms with Crippen LogP contribution in [0.15, 0.2) is 30.3 Å². The number of hydrogen-bond acceptors (Lipinski definition) is 3. The molecule has 0 fully saturated rings. The van der Waals surface area contributed by atoms with E-state index in [9.17, 15) is 4.79 Å². The smallest absolute Gasteiger partial charge is 0.326 e. The molecule has 1 aromatic carbocycles. The van der Waals surface area contributed by atoms with Crippen molar-refractivity contribution in [2.24, 2.45) is 0 Å². The molecule has 0 aliphatic rings. The maximum Gasteiger partial charge on any atom is 0.326 e. The zero-order chi connectivity index (χ0) is 11.3. The number of ether oxygens (including phenoxy) is 1. The van der Waals surface area contributed by atoms with Crippen LogP contribution in [0.4, 0.5) is 0 Å². The molecule has 0 saturated carbocycles. The number of methoxy groups -OCH3 is 1. The Morgan fingerprint density at radius 2 is 2.00 bits per heavy atom. The average Bonchev–Trinajstić information content (AvgIpc) is 2.29. The molecule has 3 nitrogen and oxygen atoms in total. The van der Waals surface area contributed by atoms with Gasteiger partial charge in [-0.3, -0.25) is 4.79 Å². The van der Waals surface area contributed by atoms with Gasteiger partial charge in [-0.2, -0.15) is 0 Å². The molecule has 1 rings (SSSR count). The first-order valence-corrected chi connectivity index (χ1v) is 4.93. The third-order valence-electron chi connectivity index (χ3n) is 2.59. The summed E-state index contributed by atoms with van der Waals surface area (Å²) in [6.07, 6.45) is 0.622. The highest BCUT2D eigenvalue weighted by Gasteiger charge is 2.32. The van der Waals surface area contributed by atoms with Crippen molar-refractivity contribution in [2.75, 3.05) is 14.2 Å². The number of nitrogens with one attached hydrogen (secondary N) is 1. The lowest BCUT2D eigenvalue weighted by Gasteiger charge is -2.26. The number of rotatable bonds is 4. The van der Waals surface area contributed by atoms with Crippen molar-refractivity contribution in [3.63, 3.8) is 0 Å². The lowest BCUT2D eigenvalue weighted by atomic mass is 9.93. The highest BCUT2D eigenvalue weighted by atomic mass is 16.5. The van der Waals surface area contributed by atoms with Gasteiger partial charge in [0.2, 0.25) is 0 Å². The van der Waals surface area contributed by atoms with Crippen LogP contribution in [0.1, 0.15) is 12.5 Å². The van der Waals surface area contributed by atoms with E-state index in [0.29, 0.717) is 6.42 Å². The van der Waals surface area contributed by atoms with Gasteiger partial charge < -0.3 is 10.1 Å². The molecule has 0 aliphatic heterocycles. The van der Waals surface area contributed by atoms with E-state index < -0.39 is 5.54 Å². The number of benzene rings is 1. The minimum absolute atomic E-state index is 0.242. The first-order chi connectivity index (χ1) is 7.12. The van der Waals surface area contributed by atoms with Crippen LogP contribution in [0.2, 0.25) is 0 Å². The molecule has 1 atom stereocenters. The second kappa shape index (κ2) is 4.94. The second-order valence-corrected chi connectivity index (χ2v) is 3.74. The predicted molar refractivity (Wildman–Crippen MR) is 59.6 cm³/mol. The van der Waals surface area contributed by atoms with E-state index in [4.69, 9.17) is 4.74 Å². The van der Waals surface area contributed by atoms with Gasteiger partial charge in [0.05, 0.1) is 7.11 Å². The van der Waals surface area contributed by atoms with Crippen LogP contribution in [0, 0.1) is 0 Å². The summed E-state index contributed by atoms with van der Waals surface area (Å²) < 4.78 is 4.78. The predicted octanol–water partition coefficient (Wildman–Crippen LogP) is 1.38. The first-order valence-electron chi connectivity index (χ1n) is 4.93. The molecule has 15 heavy (non-hydrogen) atoms. The maximum atomic E-state index is 11.6. The van der Waals surface area contributed by atoms with Gasteiger partial charge in [-0.25, -0.2) is 0 Å². The van der Waals surface area contributed by atoms with Crippen LogP contribution in [0.25, 0.3) is 0 Å². The van der Waals surface area contributed by atoms with E-state index in [1.807, 2.05) is 37.3 Å². The van der Waals surface area contributed by atoms with E-state index in [1.165, 1.54) is 7.11 Å². The first kappa shape index (κ1) is 11.7. The minimum atomic E-state index is -0.657. The van der Waals surface area contributed by atoms with Crippen molar-refractivity contribution in [1.82, 2.24) is 5.32 Å². The maximum absolute atomic E-state index is 11.6. The molecule has 0 aromatic heterocycles. The minimum Gasteiger partial charge on any atom is -0.468 e. The molecule has 0 bridgehead atoms. The Hall–Kier alpha value is -1.35. The van der Waals surface area contributed by atoms with E-state index in [0.717, 1.165) is 5.56 Å². The molecule has 0 saturated heterocycles. The lowest BCUT2D eigenvalue weighted by molar-refractivity contribution is -0.147. The van der Waals surface area contributed by atoms with Gasteiger partial charge >= 0.3 is 5.97 Å². The fourth-order valence-electron chi connectivity index (χ4n) is 1.49. The number of carbonyl (C=O) groups excluding carboxylic acids is 1. The van der Waals surface area contributed by atoms with Crippen molar-refractivity contribution in [2.45, 2.75) is 18.9 Å². The highest BCUT2D eigenvalue weighted by Crippen LogP contribution is 2.14. The lowest BCUT2D eigenvalue weighted by Crippen LogP contribution is -2.50. The van der Waals surface area contributed by atoms with Crippen molar-refractivity contribution in [3.05, 3.63) is 35.9 Å². The van der Waals surface area contributed by atoms with Crippen LogP contribution >= 0.6 is 0 Å². The normalized spacial score (nSPS) is 14.3. The molecular formula is C12H17NO2. The van der Waals surface area contributed by atoms with Gasteiger partial charge in [-0.05, 0) is 19.5 Å². The van der Waals surface area contributed by atoms with Crippen molar-refractivity contribution >= 4 is 5.97 Å². The molecule has 0 spiro atoms. The zero-order valence-electron chi connectivity index (χ0n) is 9.41. The Labute approximate surface area is 90.4 Å². The highest BCUT2D eigenvalue weighted by molar-refractivity contribution is 5.80. The van der Waals surface area contributed by atoms with Crippen LogP contribution in [0.5, 0.6) is 0 Å². The Bertz CT molecular complexity index is 324. The topological polar surface area (TPSA) is 38.3 Å². The second-order valence-electron chi connectivity index (χ2n) is 3.74. The van der Waals surface area contributed by atoms with Crippen LogP contribution in [0.3, 0.4) is 0 Å². The summed E-state index contributed by atoms with van der Waals surface area (Å²) in [6.45, 7) is 1.84. The quantitative estimate of drug-likeness (QED) is 0.758. The standard InChI is InChI=1S/C12H17NO2/c1-12(13-2,11(14)15-3)9-10-7-5-4-6-8-10/h4-8,13H,9H2,1-3H3/t12-/m0/s1. The van der Waals surface area contributed by atoms with Crippen LogP contribution in [-0.4, -0.2) is 25.7 Å². The van der Waals surface area contributed by atoms with Crippen molar-refractivity contribution < 1.29 is 9.53 Å². The number of carbonyl (C=O) groups is 1. The molecule has 3 heteroatoms. The third-order valence-corrected chi connectivity index (χ3v) is 2.59. The van der Waals surface area contributed by atoms with Crippen LogP contribution in [-0.2, 0) is 16.0 Å². The van der Waals surface area contributed by atoms with E-state index >= 15 is 0 Å². The monoisotopic (exact) mass is 207 g/mol. The fourth-order valence-corrected chi connectivity index (χ4v) is 1.49. The number of hydrogen-bond donors (Lipinski definition) is 1. The third kappa shape index (κ3) is 2.80. The molecule has 1 N–H and O–H groups in total. The number of likely N-dealkylation sites (N-methyl/N-ethyl adjacent to an activating group) is 1. The SMILES string of the molecule is CN[C@@](C)(Cc1ccccc1)C(=O)OC. The zero-order valence-corrected chi connectivity index (χ0v) is 9.41. The van der Waals surface area contributed by atoms with Gasteiger partial charge in [0.25, 0.3) is 0 Å². The summed E-state index contributed by atoms with van der Waals surface area (Å²) in [5.74, 6) is -0.242. The Morgan fingerprint density at radius 3 is 2.47 bits per heavy atom. The summed E-state index contributed by atoms with van der Waals surface area (Å²) in [6, 6.07) is 9.88. The van der Waals surface area contributed by atoms with E-state index in [-0.39, 0.29) is 5.97 Å². The van der Waals surface area contributed by atoms with Gasteiger partial charge in [0, 0.05) is 6.42 Å². The van der Waals surface area contributed by atoms with Gasteiger partial charge in [-0.15, -0.1) is 0 Å². The molecular weight excluding hydrogens is 190 g/mol. The summed E-state index contributed by atoms with van der Waals surface area (Å²) in [5.41, 5.74) is 0.454. The van der Waals surface area contributed by atoms with Crippen LogP contribution < -0.4 is 5.32 Å². The van der Waals surface area contributed by atoms with E-state index in [1.54, 1.807) is 7.05 Å². The molecule has 0 radical (unpaired) electrons. The molecule has 0 aliphatic carbocycles. The Morgan fingerprint density at radius 1 is 1.40 bits per heavy atom. The fraction of sp³-hybridized carbons (Fsp3) is 0.417. The van der Waals surface area contributed by atoms with Gasteiger partial charge in [0.1, 0.15) is 5.54 Å². The van der Waals surface area contributed by atoms with Gasteiger partial charge in [-0.1, -0.05) is 30.3 Å². The molecule has 82 valence electrons. The Balaban J connectivity index is 2.81. The average molecular weight is 207 g/mol. The van der Waals surface area contributed by atoms with Gasteiger partial charge in [0.15, 0.2) is 0 Å². The largest absolute Gasteiger partial charge is 0.468 e. The summed E-state index contributed by atoms with van der Waals surface area (Å²) in [7, 11) is 3.17. The molecule has 0 unspecified atom stereocenters. The summed E-state index contributed by atoms with van der Waals surface area (Å²) in [4.78, 5) is 11.6. The molecule has 0 heterocycles. The molecule has 0 amide bonds. The number of esters is 1. The summed E-state index contributed by atoms with van der Waals surface area (Å²) in [5, 5.41) is 3.00. The van der Waals surface area contributed by atoms with Crippen molar-refractivity contribution in [3.8, 4) is 0 Å². The summed E-state index contributed by atoms with van der Waals surface area (Å²) >= 11 is 0. The van der Waals surface area contributed by atoms with Crippen molar-refractivity contribution in [1.29, 1.82) is 0 Å². The van der Waals surface area contributed by atoms with E-state index in [2.05, 4.69) is 5.32 Å². The molecule has 1 aromatic rings.